The summed E-state index contributed by atoms with van der Waals surface area (Å²) in [5, 5.41) is 0. The summed E-state index contributed by atoms with van der Waals surface area (Å²) in [5.41, 5.74) is 2.17. The summed E-state index contributed by atoms with van der Waals surface area (Å²) >= 11 is 5.41. The van der Waals surface area contributed by atoms with E-state index in [9.17, 15) is 0 Å². The molecule has 1 aromatic carbocycles. The molecule has 0 spiro atoms. The lowest BCUT2D eigenvalue weighted by atomic mass is 10.3. The number of nitrogens with one attached hydrogen (secondary N) is 1. The predicted octanol–water partition coefficient (Wildman–Crippen LogP) is 3.05. The van der Waals surface area contributed by atoms with Crippen LogP contribution in [0, 0.1) is 4.77 Å². The minimum Gasteiger partial charge on any atom is -0.497 e. The van der Waals surface area contributed by atoms with Gasteiger partial charge >= 0.3 is 0 Å². The highest BCUT2D eigenvalue weighted by Gasteiger charge is 2.07. The van der Waals surface area contributed by atoms with E-state index in [1.807, 2.05) is 12.1 Å². The van der Waals surface area contributed by atoms with Crippen molar-refractivity contribution in [1.82, 2.24) is 14.5 Å². The lowest BCUT2D eigenvalue weighted by Gasteiger charge is -2.18. The molecule has 0 amide bonds. The Bertz CT molecular complexity index is 598. The van der Waals surface area contributed by atoms with Gasteiger partial charge in [-0.15, -0.1) is 0 Å². The number of benzene rings is 1. The molecule has 19 heavy (non-hydrogen) atoms. The molecule has 0 atom stereocenters. The van der Waals surface area contributed by atoms with E-state index in [2.05, 4.69) is 34.4 Å². The third-order valence-corrected chi connectivity index (χ3v) is 3.84. The average Bonchev–Trinajstić information content (AvgIpc) is 2.75. The third kappa shape index (κ3) is 2.98. The molecule has 4 nitrogen and oxygen atoms in total. The number of aromatic amines is 1. The molecule has 1 heterocycles. The van der Waals surface area contributed by atoms with E-state index >= 15 is 0 Å². The third-order valence-electron chi connectivity index (χ3n) is 3.52. The van der Waals surface area contributed by atoms with Crippen molar-refractivity contribution in [2.45, 2.75) is 20.4 Å². The number of methoxy groups -OCH3 is 1. The molecule has 2 rings (SSSR count). The van der Waals surface area contributed by atoms with Gasteiger partial charge in [0.25, 0.3) is 0 Å². The van der Waals surface area contributed by atoms with Gasteiger partial charge in [-0.2, -0.15) is 0 Å². The number of hydrogen-bond acceptors (Lipinski definition) is 3. The zero-order chi connectivity index (χ0) is 13.8. The molecule has 1 aromatic heterocycles. The number of ether oxygens (including phenoxy) is 1. The van der Waals surface area contributed by atoms with Gasteiger partial charge in [-0.05, 0) is 37.4 Å². The van der Waals surface area contributed by atoms with Crippen LogP contribution in [0.5, 0.6) is 5.75 Å². The maximum atomic E-state index is 5.41. The number of rotatable bonds is 6. The van der Waals surface area contributed by atoms with E-state index in [-0.39, 0.29) is 0 Å². The predicted molar refractivity (Wildman–Crippen MR) is 81.5 cm³/mol. The van der Waals surface area contributed by atoms with Crippen molar-refractivity contribution in [3.8, 4) is 5.75 Å². The van der Waals surface area contributed by atoms with Crippen LogP contribution in [0.3, 0.4) is 0 Å². The van der Waals surface area contributed by atoms with E-state index in [1.54, 1.807) is 7.11 Å². The Labute approximate surface area is 119 Å². The van der Waals surface area contributed by atoms with Gasteiger partial charge in [0, 0.05) is 19.2 Å². The topological polar surface area (TPSA) is 33.2 Å². The van der Waals surface area contributed by atoms with Crippen molar-refractivity contribution in [1.29, 1.82) is 0 Å². The zero-order valence-electron chi connectivity index (χ0n) is 11.8. The highest BCUT2D eigenvalue weighted by molar-refractivity contribution is 7.71. The summed E-state index contributed by atoms with van der Waals surface area (Å²) < 4.78 is 8.16. The van der Waals surface area contributed by atoms with E-state index in [4.69, 9.17) is 17.0 Å². The van der Waals surface area contributed by atoms with Crippen LogP contribution in [0.2, 0.25) is 0 Å². The number of H-pyrrole nitrogens is 1. The van der Waals surface area contributed by atoms with Gasteiger partial charge in [-0.25, -0.2) is 0 Å². The first kappa shape index (κ1) is 14.1. The number of fused-ring (bicyclic) bond motifs is 1. The van der Waals surface area contributed by atoms with Gasteiger partial charge in [0.15, 0.2) is 4.77 Å². The first-order valence-corrected chi connectivity index (χ1v) is 7.09. The minimum atomic E-state index is 0.774. The molecule has 0 saturated carbocycles. The normalized spacial score (nSPS) is 11.4. The van der Waals surface area contributed by atoms with Crippen molar-refractivity contribution < 1.29 is 4.74 Å². The summed E-state index contributed by atoms with van der Waals surface area (Å²) in [5.74, 6) is 0.847. The van der Waals surface area contributed by atoms with E-state index in [0.29, 0.717) is 0 Å². The lowest BCUT2D eigenvalue weighted by molar-refractivity contribution is 0.291. The number of imidazole rings is 1. The summed E-state index contributed by atoms with van der Waals surface area (Å²) in [4.78, 5) is 5.63. The van der Waals surface area contributed by atoms with Gasteiger partial charge in [0.2, 0.25) is 0 Å². The van der Waals surface area contributed by atoms with Crippen LogP contribution in [-0.4, -0.2) is 41.2 Å². The number of hydrogen-bond donors (Lipinski definition) is 1. The van der Waals surface area contributed by atoms with Crippen LogP contribution < -0.4 is 4.74 Å². The molecule has 2 aromatic rings. The van der Waals surface area contributed by atoms with Gasteiger partial charge in [0.1, 0.15) is 5.75 Å². The Hall–Kier alpha value is -1.33. The molecule has 0 saturated heterocycles. The van der Waals surface area contributed by atoms with Crippen molar-refractivity contribution in [3.63, 3.8) is 0 Å². The maximum Gasteiger partial charge on any atom is 0.178 e. The van der Waals surface area contributed by atoms with Gasteiger partial charge in [-0.3, -0.25) is 0 Å². The lowest BCUT2D eigenvalue weighted by Crippen LogP contribution is -2.27. The zero-order valence-corrected chi connectivity index (χ0v) is 12.6. The fraction of sp³-hybridized carbons (Fsp3) is 0.500. The fourth-order valence-corrected chi connectivity index (χ4v) is 2.57. The standard InChI is InChI=1S/C14H21N3OS/c1-4-16(5-2)8-9-17-13-7-6-11(18-3)10-12(13)15-14(17)19/h6-7,10H,4-5,8-9H2,1-3H3,(H,15,19). The van der Waals surface area contributed by atoms with Crippen LogP contribution in [0.15, 0.2) is 18.2 Å². The first-order chi connectivity index (χ1) is 9.19. The number of nitrogens with zero attached hydrogens (tertiary/aromatic N) is 2. The first-order valence-electron chi connectivity index (χ1n) is 6.68. The van der Waals surface area contributed by atoms with Gasteiger partial charge < -0.3 is 19.2 Å². The average molecular weight is 279 g/mol. The van der Waals surface area contributed by atoms with Crippen LogP contribution in [0.4, 0.5) is 0 Å². The molecule has 0 aliphatic rings. The van der Waals surface area contributed by atoms with Crippen LogP contribution in [0.1, 0.15) is 13.8 Å². The van der Waals surface area contributed by atoms with E-state index < -0.39 is 0 Å². The fourth-order valence-electron chi connectivity index (χ4n) is 2.27. The molecular formula is C14H21N3OS. The van der Waals surface area contributed by atoms with Crippen molar-refractivity contribution in [2.24, 2.45) is 0 Å². The largest absolute Gasteiger partial charge is 0.497 e. The second kappa shape index (κ2) is 6.21. The Morgan fingerprint density at radius 2 is 2.05 bits per heavy atom. The SMILES string of the molecule is CCN(CC)CCn1c(=S)[nH]c2cc(OC)ccc21. The van der Waals surface area contributed by atoms with Crippen LogP contribution in [0.25, 0.3) is 11.0 Å². The molecular weight excluding hydrogens is 258 g/mol. The molecule has 0 radical (unpaired) electrons. The summed E-state index contributed by atoms with van der Waals surface area (Å²) in [7, 11) is 1.67. The van der Waals surface area contributed by atoms with Crippen molar-refractivity contribution >= 4 is 23.3 Å². The van der Waals surface area contributed by atoms with Crippen LogP contribution >= 0.6 is 12.2 Å². The summed E-state index contributed by atoms with van der Waals surface area (Å²) in [6, 6.07) is 6.01. The van der Waals surface area contributed by atoms with Crippen molar-refractivity contribution in [3.05, 3.63) is 23.0 Å². The quantitative estimate of drug-likeness (QED) is 0.825. The molecule has 0 aliphatic heterocycles. The van der Waals surface area contributed by atoms with Gasteiger partial charge in [0.05, 0.1) is 18.1 Å². The minimum absolute atomic E-state index is 0.774. The maximum absolute atomic E-state index is 5.41. The summed E-state index contributed by atoms with van der Waals surface area (Å²) in [6.07, 6.45) is 0. The Kier molecular flexibility index (Phi) is 4.61. The second-order valence-electron chi connectivity index (χ2n) is 4.49. The molecule has 0 unspecified atom stereocenters. The Morgan fingerprint density at radius 3 is 2.68 bits per heavy atom. The Balaban J connectivity index is 2.28. The van der Waals surface area contributed by atoms with Crippen molar-refractivity contribution in [2.75, 3.05) is 26.7 Å². The molecule has 104 valence electrons. The number of likely N-dealkylation sites (N-methyl/N-ethyl adjacent to an activating group) is 1. The summed E-state index contributed by atoms with van der Waals surface area (Å²) in [6.45, 7) is 8.43. The van der Waals surface area contributed by atoms with E-state index in [0.717, 1.165) is 47.7 Å². The van der Waals surface area contributed by atoms with Crippen LogP contribution in [-0.2, 0) is 6.54 Å². The molecule has 1 N–H and O–H groups in total. The Morgan fingerprint density at radius 1 is 1.32 bits per heavy atom. The second-order valence-corrected chi connectivity index (χ2v) is 4.88. The van der Waals surface area contributed by atoms with E-state index in [1.165, 1.54) is 0 Å². The molecule has 5 heteroatoms. The molecule has 0 fully saturated rings. The highest BCUT2D eigenvalue weighted by atomic mass is 32.1. The van der Waals surface area contributed by atoms with Gasteiger partial charge in [-0.1, -0.05) is 13.8 Å². The smallest absolute Gasteiger partial charge is 0.178 e. The molecule has 0 aliphatic carbocycles. The number of aromatic nitrogens is 2. The molecule has 0 bridgehead atoms. The monoisotopic (exact) mass is 279 g/mol. The highest BCUT2D eigenvalue weighted by Crippen LogP contribution is 2.20.